The Bertz CT molecular complexity index is 605. The first-order valence-electron chi connectivity index (χ1n) is 7.23. The molecule has 0 saturated carbocycles. The molecule has 0 unspecified atom stereocenters. The molecule has 0 atom stereocenters. The second kappa shape index (κ2) is 6.20. The summed E-state index contributed by atoms with van der Waals surface area (Å²) in [6, 6.07) is 8.03. The van der Waals surface area contributed by atoms with E-state index in [2.05, 4.69) is 39.1 Å². The van der Waals surface area contributed by atoms with Crippen LogP contribution in [-0.2, 0) is 0 Å². The third-order valence-electron chi connectivity index (χ3n) is 3.69. The predicted molar refractivity (Wildman–Crippen MR) is 89.9 cm³/mol. The summed E-state index contributed by atoms with van der Waals surface area (Å²) in [5.41, 5.74) is 1.12. The molecule has 0 bridgehead atoms. The summed E-state index contributed by atoms with van der Waals surface area (Å²) in [4.78, 5) is 9.29. The fourth-order valence-corrected chi connectivity index (χ4v) is 3.55. The highest BCUT2D eigenvalue weighted by molar-refractivity contribution is 7.09. The molecule has 1 aliphatic rings. The normalized spacial score (nSPS) is 15.8. The lowest BCUT2D eigenvalue weighted by Crippen LogP contribution is -2.46. The molecule has 1 aromatic carbocycles. The first kappa shape index (κ1) is 14.6. The predicted octanol–water partition coefficient (Wildman–Crippen LogP) is 3.64. The van der Waals surface area contributed by atoms with E-state index in [4.69, 9.17) is 11.6 Å². The molecule has 112 valence electrons. The van der Waals surface area contributed by atoms with E-state index in [0.717, 1.165) is 47.8 Å². The Kier molecular flexibility index (Phi) is 4.31. The van der Waals surface area contributed by atoms with Crippen molar-refractivity contribution >= 4 is 34.0 Å². The van der Waals surface area contributed by atoms with Gasteiger partial charge in [-0.1, -0.05) is 37.6 Å². The topological polar surface area (TPSA) is 32.3 Å². The van der Waals surface area contributed by atoms with Gasteiger partial charge < -0.3 is 9.80 Å². The van der Waals surface area contributed by atoms with Gasteiger partial charge >= 0.3 is 0 Å². The van der Waals surface area contributed by atoms with Gasteiger partial charge in [-0.25, -0.2) is 4.98 Å². The SMILES string of the molecule is CC(C)c1nsc(N2CCN(c3ccccc3Cl)CC2)n1. The Morgan fingerprint density at radius 3 is 2.38 bits per heavy atom. The number of para-hydroxylation sites is 1. The van der Waals surface area contributed by atoms with Crippen LogP contribution < -0.4 is 9.80 Å². The van der Waals surface area contributed by atoms with Gasteiger partial charge in [0.1, 0.15) is 5.82 Å². The van der Waals surface area contributed by atoms with Gasteiger partial charge in [-0.05, 0) is 12.1 Å². The number of hydrogen-bond acceptors (Lipinski definition) is 5. The molecule has 2 heterocycles. The summed E-state index contributed by atoms with van der Waals surface area (Å²) >= 11 is 7.78. The number of anilines is 2. The molecule has 2 aromatic rings. The van der Waals surface area contributed by atoms with Crippen LogP contribution in [0.25, 0.3) is 0 Å². The van der Waals surface area contributed by atoms with E-state index in [1.165, 1.54) is 11.5 Å². The molecule has 6 heteroatoms. The van der Waals surface area contributed by atoms with Gasteiger partial charge in [0, 0.05) is 43.6 Å². The molecule has 21 heavy (non-hydrogen) atoms. The van der Waals surface area contributed by atoms with Crippen LogP contribution in [0.1, 0.15) is 25.6 Å². The molecule has 1 aromatic heterocycles. The molecule has 3 rings (SSSR count). The van der Waals surface area contributed by atoms with Crippen molar-refractivity contribution in [3.05, 3.63) is 35.1 Å². The highest BCUT2D eigenvalue weighted by Gasteiger charge is 2.21. The first-order chi connectivity index (χ1) is 10.1. The van der Waals surface area contributed by atoms with Gasteiger partial charge in [0.05, 0.1) is 10.7 Å². The van der Waals surface area contributed by atoms with Gasteiger partial charge in [-0.3, -0.25) is 0 Å². The molecule has 0 radical (unpaired) electrons. The Balaban J connectivity index is 1.66. The molecule has 1 fully saturated rings. The van der Waals surface area contributed by atoms with Crippen molar-refractivity contribution in [3.63, 3.8) is 0 Å². The van der Waals surface area contributed by atoms with Gasteiger partial charge in [0.15, 0.2) is 0 Å². The lowest BCUT2D eigenvalue weighted by Gasteiger charge is -2.36. The molecule has 0 N–H and O–H groups in total. The van der Waals surface area contributed by atoms with E-state index >= 15 is 0 Å². The summed E-state index contributed by atoms with van der Waals surface area (Å²) in [5.74, 6) is 1.34. The first-order valence-corrected chi connectivity index (χ1v) is 8.38. The molecule has 1 saturated heterocycles. The molecular weight excluding hydrogens is 304 g/mol. The van der Waals surface area contributed by atoms with Crippen molar-refractivity contribution in [2.75, 3.05) is 36.0 Å². The summed E-state index contributed by atoms with van der Waals surface area (Å²) in [5, 5.41) is 1.86. The largest absolute Gasteiger partial charge is 0.367 e. The van der Waals surface area contributed by atoms with Crippen molar-refractivity contribution in [2.24, 2.45) is 0 Å². The fraction of sp³-hybridized carbons (Fsp3) is 0.467. The van der Waals surface area contributed by atoms with Crippen molar-refractivity contribution < 1.29 is 0 Å². The number of hydrogen-bond donors (Lipinski definition) is 0. The minimum absolute atomic E-state index is 0.388. The van der Waals surface area contributed by atoms with Crippen LogP contribution >= 0.6 is 23.1 Å². The Hall–Kier alpha value is -1.33. The number of piperazine rings is 1. The van der Waals surface area contributed by atoms with Gasteiger partial charge in [-0.2, -0.15) is 4.37 Å². The maximum absolute atomic E-state index is 6.27. The standard InChI is InChI=1S/C15H19ClN4S/c1-11(2)14-17-15(21-18-14)20-9-7-19(8-10-20)13-6-4-3-5-12(13)16/h3-6,11H,7-10H2,1-2H3. The zero-order valence-electron chi connectivity index (χ0n) is 12.3. The van der Waals surface area contributed by atoms with Crippen LogP contribution in [0.15, 0.2) is 24.3 Å². The molecule has 0 aliphatic carbocycles. The maximum Gasteiger partial charge on any atom is 0.205 e. The van der Waals surface area contributed by atoms with Crippen LogP contribution in [0.5, 0.6) is 0 Å². The minimum atomic E-state index is 0.388. The van der Waals surface area contributed by atoms with Crippen LogP contribution in [0, 0.1) is 0 Å². The lowest BCUT2D eigenvalue weighted by molar-refractivity contribution is 0.650. The highest BCUT2D eigenvalue weighted by Crippen LogP contribution is 2.28. The number of nitrogens with zero attached hydrogens (tertiary/aromatic N) is 4. The van der Waals surface area contributed by atoms with Gasteiger partial charge in [-0.15, -0.1) is 0 Å². The third-order valence-corrected chi connectivity index (χ3v) is 4.80. The average molecular weight is 323 g/mol. The van der Waals surface area contributed by atoms with Crippen LogP contribution in [0.2, 0.25) is 5.02 Å². The molecule has 4 nitrogen and oxygen atoms in total. The van der Waals surface area contributed by atoms with E-state index in [0.29, 0.717) is 5.92 Å². The van der Waals surface area contributed by atoms with E-state index < -0.39 is 0 Å². The minimum Gasteiger partial charge on any atom is -0.367 e. The summed E-state index contributed by atoms with van der Waals surface area (Å²) in [7, 11) is 0. The molecule has 0 amide bonds. The third kappa shape index (κ3) is 3.14. The number of benzene rings is 1. The maximum atomic E-state index is 6.27. The van der Waals surface area contributed by atoms with E-state index in [1.54, 1.807) is 0 Å². The second-order valence-corrected chi connectivity index (χ2v) is 6.65. The van der Waals surface area contributed by atoms with Crippen molar-refractivity contribution in [1.29, 1.82) is 0 Å². The number of aromatic nitrogens is 2. The molecule has 1 aliphatic heterocycles. The zero-order chi connectivity index (χ0) is 14.8. The van der Waals surface area contributed by atoms with Crippen LogP contribution in [0.4, 0.5) is 10.8 Å². The van der Waals surface area contributed by atoms with Crippen molar-refractivity contribution in [3.8, 4) is 0 Å². The lowest BCUT2D eigenvalue weighted by atomic mass is 10.2. The van der Waals surface area contributed by atoms with E-state index in [9.17, 15) is 0 Å². The Morgan fingerprint density at radius 1 is 1.10 bits per heavy atom. The van der Waals surface area contributed by atoms with Gasteiger partial charge in [0.2, 0.25) is 5.13 Å². The van der Waals surface area contributed by atoms with Gasteiger partial charge in [0.25, 0.3) is 0 Å². The van der Waals surface area contributed by atoms with Crippen molar-refractivity contribution in [2.45, 2.75) is 19.8 Å². The Labute approximate surface area is 134 Å². The number of rotatable bonds is 3. The monoisotopic (exact) mass is 322 g/mol. The molecule has 0 spiro atoms. The second-order valence-electron chi connectivity index (χ2n) is 5.52. The van der Waals surface area contributed by atoms with Crippen LogP contribution in [-0.4, -0.2) is 35.5 Å². The van der Waals surface area contributed by atoms with E-state index in [-0.39, 0.29) is 0 Å². The summed E-state index contributed by atoms with van der Waals surface area (Å²) in [6.45, 7) is 8.08. The fourth-order valence-electron chi connectivity index (χ4n) is 2.44. The summed E-state index contributed by atoms with van der Waals surface area (Å²) < 4.78 is 4.44. The summed E-state index contributed by atoms with van der Waals surface area (Å²) in [6.07, 6.45) is 0. The van der Waals surface area contributed by atoms with Crippen LogP contribution in [0.3, 0.4) is 0 Å². The molecular formula is C15H19ClN4S. The average Bonchev–Trinajstić information content (AvgIpc) is 2.98. The zero-order valence-corrected chi connectivity index (χ0v) is 13.9. The quantitative estimate of drug-likeness (QED) is 0.863. The van der Waals surface area contributed by atoms with Crippen molar-refractivity contribution in [1.82, 2.24) is 9.36 Å². The highest BCUT2D eigenvalue weighted by atomic mass is 35.5. The van der Waals surface area contributed by atoms with E-state index in [1.807, 2.05) is 18.2 Å². The smallest absolute Gasteiger partial charge is 0.205 e. The number of halogens is 1. The Morgan fingerprint density at radius 2 is 1.76 bits per heavy atom.